The Labute approximate surface area is 179 Å². The van der Waals surface area contributed by atoms with Crippen LogP contribution in [0.3, 0.4) is 0 Å². The first-order valence-corrected chi connectivity index (χ1v) is 10.6. The van der Waals surface area contributed by atoms with Gasteiger partial charge in [-0.2, -0.15) is 0 Å². The van der Waals surface area contributed by atoms with Crippen LogP contribution in [0.4, 0.5) is 5.00 Å². The quantitative estimate of drug-likeness (QED) is 0.377. The van der Waals surface area contributed by atoms with Gasteiger partial charge in [0, 0.05) is 39.3 Å². The molecule has 0 spiro atoms. The molecule has 2 aliphatic rings. The summed E-state index contributed by atoms with van der Waals surface area (Å²) >= 11 is 1.84. The molecule has 5 nitrogen and oxygen atoms in total. The zero-order valence-corrected chi connectivity index (χ0v) is 19.3. The second kappa shape index (κ2) is 11.3. The molecular formula is C19H34IN5S. The summed E-state index contributed by atoms with van der Waals surface area (Å²) in [6, 6.07) is 4.89. The highest BCUT2D eigenvalue weighted by Crippen LogP contribution is 2.24. The summed E-state index contributed by atoms with van der Waals surface area (Å²) < 4.78 is 0. The molecule has 2 fully saturated rings. The molecule has 0 amide bonds. The molecule has 0 aliphatic carbocycles. The van der Waals surface area contributed by atoms with Crippen LogP contribution in [-0.2, 0) is 0 Å². The average molecular weight is 491 g/mol. The van der Waals surface area contributed by atoms with Gasteiger partial charge in [0.25, 0.3) is 0 Å². The standard InChI is InChI=1S/C19H33N5S.HI/c1-16-5-10-23(11-6-16)14-9-21-19(20-2)22-17-7-12-24(13-8-17)18-4-3-15-25-18;/h3-4,15-17H,5-14H2,1-2H3,(H2,20,21,22);1H. The van der Waals surface area contributed by atoms with Crippen LogP contribution in [0, 0.1) is 5.92 Å². The van der Waals surface area contributed by atoms with E-state index in [1.54, 1.807) is 0 Å². The third-order valence-corrected chi connectivity index (χ3v) is 6.40. The van der Waals surface area contributed by atoms with Crippen molar-refractivity contribution in [3.63, 3.8) is 0 Å². The summed E-state index contributed by atoms with van der Waals surface area (Å²) in [5, 5.41) is 10.7. The number of aliphatic imine (C=N–C) groups is 1. The molecule has 2 saturated heterocycles. The third kappa shape index (κ3) is 6.56. The lowest BCUT2D eigenvalue weighted by atomic mass is 9.99. The van der Waals surface area contributed by atoms with E-state index in [-0.39, 0.29) is 24.0 Å². The maximum absolute atomic E-state index is 4.41. The van der Waals surface area contributed by atoms with Crippen LogP contribution in [0.15, 0.2) is 22.5 Å². The lowest BCUT2D eigenvalue weighted by Crippen LogP contribution is -2.50. The van der Waals surface area contributed by atoms with Crippen LogP contribution >= 0.6 is 35.3 Å². The summed E-state index contributed by atoms with van der Waals surface area (Å²) in [5.74, 6) is 1.86. The van der Waals surface area contributed by atoms with Crippen LogP contribution < -0.4 is 15.5 Å². The molecule has 0 aromatic carbocycles. The van der Waals surface area contributed by atoms with Gasteiger partial charge >= 0.3 is 0 Å². The fourth-order valence-corrected chi connectivity index (χ4v) is 4.49. The highest BCUT2D eigenvalue weighted by atomic mass is 127. The van der Waals surface area contributed by atoms with Crippen molar-refractivity contribution in [2.45, 2.75) is 38.6 Å². The molecule has 3 rings (SSSR count). The first kappa shape index (κ1) is 21.8. The number of anilines is 1. The Balaban J connectivity index is 0.00000243. The van der Waals surface area contributed by atoms with E-state index >= 15 is 0 Å². The van der Waals surface area contributed by atoms with Crippen LogP contribution in [0.2, 0.25) is 0 Å². The molecular weight excluding hydrogens is 457 g/mol. The topological polar surface area (TPSA) is 42.9 Å². The summed E-state index contributed by atoms with van der Waals surface area (Å²) in [6.07, 6.45) is 5.02. The summed E-state index contributed by atoms with van der Waals surface area (Å²) in [7, 11) is 1.87. The van der Waals surface area contributed by atoms with Crippen molar-refractivity contribution in [1.29, 1.82) is 0 Å². The van der Waals surface area contributed by atoms with Crippen molar-refractivity contribution in [3.8, 4) is 0 Å². The molecule has 2 aliphatic heterocycles. The first-order valence-electron chi connectivity index (χ1n) is 9.72. The second-order valence-corrected chi connectivity index (χ2v) is 8.31. The van der Waals surface area contributed by atoms with Gasteiger partial charge in [-0.05, 0) is 62.2 Å². The number of thiophene rings is 1. The molecule has 26 heavy (non-hydrogen) atoms. The van der Waals surface area contributed by atoms with Crippen LogP contribution in [0.25, 0.3) is 0 Å². The Bertz CT molecular complexity index is 520. The smallest absolute Gasteiger partial charge is 0.191 e. The number of rotatable bonds is 5. The van der Waals surface area contributed by atoms with Gasteiger partial charge in [-0.15, -0.1) is 35.3 Å². The van der Waals surface area contributed by atoms with Gasteiger partial charge < -0.3 is 20.4 Å². The maximum atomic E-state index is 4.41. The number of halogens is 1. The van der Waals surface area contributed by atoms with E-state index in [1.807, 2.05) is 18.4 Å². The predicted octanol–water partition coefficient (Wildman–Crippen LogP) is 3.23. The van der Waals surface area contributed by atoms with Gasteiger partial charge in [0.1, 0.15) is 0 Å². The van der Waals surface area contributed by atoms with Gasteiger partial charge in [0.15, 0.2) is 5.96 Å². The highest BCUT2D eigenvalue weighted by molar-refractivity contribution is 14.0. The van der Waals surface area contributed by atoms with Gasteiger partial charge in [-0.1, -0.05) is 6.92 Å². The monoisotopic (exact) mass is 491 g/mol. The number of hydrogen-bond acceptors (Lipinski definition) is 4. The SMILES string of the molecule is CN=C(NCCN1CCC(C)CC1)NC1CCN(c2cccs2)CC1.I. The van der Waals surface area contributed by atoms with Gasteiger partial charge in [-0.3, -0.25) is 4.99 Å². The fraction of sp³-hybridized carbons (Fsp3) is 0.737. The van der Waals surface area contributed by atoms with Gasteiger partial charge in [-0.25, -0.2) is 0 Å². The summed E-state index contributed by atoms with van der Waals surface area (Å²) in [5.41, 5.74) is 0. The van der Waals surface area contributed by atoms with E-state index in [9.17, 15) is 0 Å². The summed E-state index contributed by atoms with van der Waals surface area (Å²) in [6.45, 7) is 9.20. The predicted molar refractivity (Wildman–Crippen MR) is 124 cm³/mol. The third-order valence-electron chi connectivity index (χ3n) is 5.47. The largest absolute Gasteiger partial charge is 0.363 e. The van der Waals surface area contributed by atoms with Crippen molar-refractivity contribution in [3.05, 3.63) is 17.5 Å². The second-order valence-electron chi connectivity index (χ2n) is 7.38. The molecule has 0 unspecified atom stereocenters. The normalized spacial score (nSPS) is 20.7. The van der Waals surface area contributed by atoms with Crippen LogP contribution in [0.5, 0.6) is 0 Å². The molecule has 0 bridgehead atoms. The number of hydrogen-bond donors (Lipinski definition) is 2. The van der Waals surface area contributed by atoms with E-state index in [0.29, 0.717) is 6.04 Å². The van der Waals surface area contributed by atoms with Crippen molar-refractivity contribution < 1.29 is 0 Å². The Kier molecular flexibility index (Phi) is 9.49. The molecule has 7 heteroatoms. The van der Waals surface area contributed by atoms with E-state index in [2.05, 4.69) is 49.9 Å². The lowest BCUT2D eigenvalue weighted by molar-refractivity contribution is 0.195. The fourth-order valence-electron chi connectivity index (χ4n) is 3.70. The maximum Gasteiger partial charge on any atom is 0.191 e. The zero-order chi connectivity index (χ0) is 17.5. The number of nitrogens with zero attached hydrogens (tertiary/aromatic N) is 3. The van der Waals surface area contributed by atoms with Gasteiger partial charge in [0.05, 0.1) is 5.00 Å². The van der Waals surface area contributed by atoms with Crippen molar-refractivity contribution >= 4 is 46.3 Å². The van der Waals surface area contributed by atoms with E-state index in [1.165, 1.54) is 43.8 Å². The molecule has 2 N–H and O–H groups in total. The zero-order valence-electron chi connectivity index (χ0n) is 16.1. The van der Waals surface area contributed by atoms with Crippen molar-refractivity contribution in [2.24, 2.45) is 10.9 Å². The minimum Gasteiger partial charge on any atom is -0.363 e. The highest BCUT2D eigenvalue weighted by Gasteiger charge is 2.21. The molecule has 1 aromatic heterocycles. The molecule has 0 atom stereocenters. The Morgan fingerprint density at radius 1 is 1.19 bits per heavy atom. The van der Waals surface area contributed by atoms with Crippen molar-refractivity contribution in [2.75, 3.05) is 51.2 Å². The average Bonchev–Trinajstić information content (AvgIpc) is 3.18. The Morgan fingerprint density at radius 2 is 1.92 bits per heavy atom. The molecule has 148 valence electrons. The summed E-state index contributed by atoms with van der Waals surface area (Å²) in [4.78, 5) is 9.48. The number of guanidine groups is 1. The molecule has 3 heterocycles. The van der Waals surface area contributed by atoms with E-state index in [4.69, 9.17) is 0 Å². The van der Waals surface area contributed by atoms with Crippen molar-refractivity contribution in [1.82, 2.24) is 15.5 Å². The Hall–Kier alpha value is -0.540. The molecule has 0 saturated carbocycles. The minimum absolute atomic E-state index is 0. The Morgan fingerprint density at radius 3 is 2.54 bits per heavy atom. The molecule has 0 radical (unpaired) electrons. The lowest BCUT2D eigenvalue weighted by Gasteiger charge is -2.34. The van der Waals surface area contributed by atoms with Crippen LogP contribution in [-0.4, -0.2) is 63.2 Å². The number of piperidine rings is 2. The number of likely N-dealkylation sites (tertiary alicyclic amines) is 1. The minimum atomic E-state index is 0. The number of nitrogens with one attached hydrogen (secondary N) is 2. The first-order chi connectivity index (χ1) is 12.2. The van der Waals surface area contributed by atoms with E-state index < -0.39 is 0 Å². The van der Waals surface area contributed by atoms with E-state index in [0.717, 1.165) is 38.1 Å². The molecule has 1 aromatic rings. The van der Waals surface area contributed by atoms with Crippen LogP contribution in [0.1, 0.15) is 32.6 Å². The van der Waals surface area contributed by atoms with Gasteiger partial charge in [0.2, 0.25) is 0 Å².